The van der Waals surface area contributed by atoms with Gasteiger partial charge in [-0.25, -0.2) is 9.97 Å². The predicted molar refractivity (Wildman–Crippen MR) is 198 cm³/mol. The minimum Gasteiger partial charge on any atom is -0.292 e. The van der Waals surface area contributed by atoms with Gasteiger partial charge < -0.3 is 0 Å². The normalized spacial score (nSPS) is 12.3. The van der Waals surface area contributed by atoms with Crippen molar-refractivity contribution >= 4 is 86.7 Å². The molecule has 0 amide bonds. The number of para-hydroxylation sites is 2. The van der Waals surface area contributed by atoms with Gasteiger partial charge >= 0.3 is 0 Å². The lowest BCUT2D eigenvalue weighted by Gasteiger charge is -2.15. The molecule has 216 valence electrons. The van der Waals surface area contributed by atoms with E-state index in [1.807, 2.05) is 12.1 Å². The third-order valence-electron chi connectivity index (χ3n) is 10.1. The highest BCUT2D eigenvalue weighted by molar-refractivity contribution is 6.39. The number of rotatable bonds is 2. The number of benzene rings is 9. The molecular formula is C44H25N3. The van der Waals surface area contributed by atoms with Crippen LogP contribution in [0.15, 0.2) is 152 Å². The van der Waals surface area contributed by atoms with Crippen molar-refractivity contribution in [3.8, 4) is 17.1 Å². The number of aromatic nitrogens is 3. The van der Waals surface area contributed by atoms with E-state index in [0.717, 1.165) is 39.1 Å². The maximum absolute atomic E-state index is 5.45. The highest BCUT2D eigenvalue weighted by Gasteiger charge is 2.24. The first-order valence-corrected chi connectivity index (χ1v) is 16.1. The molecule has 0 saturated carbocycles. The van der Waals surface area contributed by atoms with Crippen LogP contribution >= 0.6 is 0 Å². The van der Waals surface area contributed by atoms with Gasteiger partial charge in [0.15, 0.2) is 5.82 Å². The zero-order valence-corrected chi connectivity index (χ0v) is 25.3. The Morgan fingerprint density at radius 3 is 1.83 bits per heavy atom. The van der Waals surface area contributed by atoms with Crippen LogP contribution in [0.25, 0.3) is 104 Å². The van der Waals surface area contributed by atoms with E-state index in [0.29, 0.717) is 0 Å². The Hall–Kier alpha value is -6.32. The first-order valence-electron chi connectivity index (χ1n) is 16.1. The molecule has 2 heterocycles. The molecule has 0 unspecified atom stereocenters. The summed E-state index contributed by atoms with van der Waals surface area (Å²) < 4.78 is 2.37. The molecule has 0 N–H and O–H groups in total. The van der Waals surface area contributed by atoms with Crippen LogP contribution in [0.4, 0.5) is 0 Å². The van der Waals surface area contributed by atoms with Gasteiger partial charge in [-0.15, -0.1) is 0 Å². The summed E-state index contributed by atoms with van der Waals surface area (Å²) >= 11 is 0. The molecule has 0 atom stereocenters. The molecule has 3 nitrogen and oxygen atoms in total. The van der Waals surface area contributed by atoms with Crippen LogP contribution < -0.4 is 0 Å². The van der Waals surface area contributed by atoms with Crippen LogP contribution in [0.1, 0.15) is 0 Å². The summed E-state index contributed by atoms with van der Waals surface area (Å²) in [7, 11) is 0. The third-order valence-corrected chi connectivity index (χ3v) is 10.1. The molecule has 0 aliphatic carbocycles. The number of nitrogens with zero attached hydrogens (tertiary/aromatic N) is 3. The van der Waals surface area contributed by atoms with Crippen molar-refractivity contribution in [2.75, 3.05) is 0 Å². The fraction of sp³-hybridized carbons (Fsp3) is 0. The van der Waals surface area contributed by atoms with Crippen LogP contribution in [0.5, 0.6) is 0 Å². The molecule has 0 bridgehead atoms. The first kappa shape index (κ1) is 24.9. The SMILES string of the molecule is c1ccc2c(c1)ccc1ccc(-c3nc4ccccc4nc3-n3c4cccc5c6ccccc6c6c7ccccc7cc3c6c54)cc12. The molecule has 0 aliphatic rings. The average Bonchev–Trinajstić information content (AvgIpc) is 3.47. The Morgan fingerprint density at radius 2 is 0.979 bits per heavy atom. The zero-order valence-electron chi connectivity index (χ0n) is 25.3. The summed E-state index contributed by atoms with van der Waals surface area (Å²) in [5.74, 6) is 0.840. The molecule has 11 rings (SSSR count). The number of fused-ring (bicyclic) bond motifs is 9. The molecule has 0 aliphatic heterocycles. The lowest BCUT2D eigenvalue weighted by atomic mass is 9.91. The monoisotopic (exact) mass is 595 g/mol. The van der Waals surface area contributed by atoms with Crippen molar-refractivity contribution in [1.29, 1.82) is 0 Å². The third kappa shape index (κ3) is 3.35. The fourth-order valence-corrected chi connectivity index (χ4v) is 8.04. The first-order chi connectivity index (χ1) is 23.3. The number of hydrogen-bond donors (Lipinski definition) is 0. The Morgan fingerprint density at radius 1 is 0.362 bits per heavy atom. The Kier molecular flexibility index (Phi) is 4.84. The fourth-order valence-electron chi connectivity index (χ4n) is 8.04. The van der Waals surface area contributed by atoms with E-state index < -0.39 is 0 Å². The van der Waals surface area contributed by atoms with Crippen LogP contribution in [0.3, 0.4) is 0 Å². The van der Waals surface area contributed by atoms with Crippen molar-refractivity contribution in [1.82, 2.24) is 14.5 Å². The van der Waals surface area contributed by atoms with Crippen molar-refractivity contribution in [2.45, 2.75) is 0 Å². The van der Waals surface area contributed by atoms with E-state index in [1.54, 1.807) is 0 Å². The van der Waals surface area contributed by atoms with Gasteiger partial charge in [-0.1, -0.05) is 121 Å². The Bertz CT molecular complexity index is 3070. The maximum atomic E-state index is 5.45. The van der Waals surface area contributed by atoms with Crippen LogP contribution in [0, 0.1) is 0 Å². The second-order valence-electron chi connectivity index (χ2n) is 12.6. The summed E-state index contributed by atoms with van der Waals surface area (Å²) in [6, 6.07) is 54.6. The summed E-state index contributed by atoms with van der Waals surface area (Å²) in [6.07, 6.45) is 0. The Balaban J connectivity index is 1.34. The van der Waals surface area contributed by atoms with Gasteiger partial charge in [0.25, 0.3) is 0 Å². The Labute approximate surface area is 269 Å². The maximum Gasteiger partial charge on any atom is 0.165 e. The second-order valence-corrected chi connectivity index (χ2v) is 12.6. The molecule has 11 aromatic rings. The second kappa shape index (κ2) is 9.12. The van der Waals surface area contributed by atoms with E-state index in [2.05, 4.69) is 144 Å². The molecule has 0 saturated heterocycles. The molecule has 0 radical (unpaired) electrons. The van der Waals surface area contributed by atoms with Crippen LogP contribution in [0.2, 0.25) is 0 Å². The molecule has 47 heavy (non-hydrogen) atoms. The van der Waals surface area contributed by atoms with E-state index in [9.17, 15) is 0 Å². The minimum atomic E-state index is 0.840. The van der Waals surface area contributed by atoms with Crippen molar-refractivity contribution in [3.05, 3.63) is 152 Å². The largest absolute Gasteiger partial charge is 0.292 e. The highest BCUT2D eigenvalue weighted by Crippen LogP contribution is 2.47. The quantitative estimate of drug-likeness (QED) is 0.186. The summed E-state index contributed by atoms with van der Waals surface area (Å²) in [6.45, 7) is 0. The van der Waals surface area contributed by atoms with Crippen LogP contribution in [-0.4, -0.2) is 14.5 Å². The van der Waals surface area contributed by atoms with Gasteiger partial charge in [-0.05, 0) is 78.8 Å². The lowest BCUT2D eigenvalue weighted by Crippen LogP contribution is -2.03. The standard InChI is InChI=1S/C44H25N3/c1-3-12-30-26(10-1)20-21-27-22-23-29(24-35(27)30)43-44(46-37-18-8-7-17-36(37)45-43)47-38-19-9-16-34-32-14-5-6-15-33(32)40-31-13-4-2-11-28(31)25-39(47)42(40)41(34)38/h1-25H. The van der Waals surface area contributed by atoms with Crippen molar-refractivity contribution in [2.24, 2.45) is 0 Å². The molecule has 2 aromatic heterocycles. The minimum absolute atomic E-state index is 0.840. The predicted octanol–water partition coefficient (Wildman–Crippen LogP) is 11.6. The molecule has 9 aromatic carbocycles. The summed E-state index contributed by atoms with van der Waals surface area (Å²) in [4.78, 5) is 10.8. The molecule has 0 spiro atoms. The van der Waals surface area contributed by atoms with Crippen molar-refractivity contribution in [3.63, 3.8) is 0 Å². The average molecular weight is 596 g/mol. The van der Waals surface area contributed by atoms with Crippen molar-refractivity contribution < 1.29 is 0 Å². The van der Waals surface area contributed by atoms with Gasteiger partial charge in [0.2, 0.25) is 0 Å². The van der Waals surface area contributed by atoms with Gasteiger partial charge in [0.05, 0.1) is 22.1 Å². The molecule has 3 heteroatoms. The van der Waals surface area contributed by atoms with Crippen LogP contribution in [-0.2, 0) is 0 Å². The van der Waals surface area contributed by atoms with Gasteiger partial charge in [0.1, 0.15) is 5.69 Å². The molecular weight excluding hydrogens is 571 g/mol. The summed E-state index contributed by atoms with van der Waals surface area (Å²) in [5, 5.41) is 15.0. The van der Waals surface area contributed by atoms with E-state index >= 15 is 0 Å². The van der Waals surface area contributed by atoms with E-state index in [4.69, 9.17) is 9.97 Å². The summed E-state index contributed by atoms with van der Waals surface area (Å²) in [5.41, 5.74) is 5.96. The smallest absolute Gasteiger partial charge is 0.165 e. The number of hydrogen-bond acceptors (Lipinski definition) is 2. The topological polar surface area (TPSA) is 30.7 Å². The van der Waals surface area contributed by atoms with Gasteiger partial charge in [-0.2, -0.15) is 0 Å². The van der Waals surface area contributed by atoms with Gasteiger partial charge in [0, 0.05) is 21.7 Å². The van der Waals surface area contributed by atoms with E-state index in [-0.39, 0.29) is 0 Å². The molecule has 0 fully saturated rings. The van der Waals surface area contributed by atoms with E-state index in [1.165, 1.54) is 64.6 Å². The zero-order chi connectivity index (χ0) is 30.6. The highest BCUT2D eigenvalue weighted by atomic mass is 15.1. The lowest BCUT2D eigenvalue weighted by molar-refractivity contribution is 1.08. The van der Waals surface area contributed by atoms with Gasteiger partial charge in [-0.3, -0.25) is 4.57 Å².